The fraction of sp³-hybridized carbons (Fsp3) is 0.190. The Kier molecular flexibility index (Phi) is 3.79. The summed E-state index contributed by atoms with van der Waals surface area (Å²) < 4.78 is 2.99. The largest absolute Gasteiger partial charge is 0.325 e. The number of benzene rings is 2. The highest BCUT2D eigenvalue weighted by Gasteiger charge is 2.14. The molecule has 0 aliphatic heterocycles. The van der Waals surface area contributed by atoms with Crippen molar-refractivity contribution in [3.05, 3.63) is 70.3 Å². The quantitative estimate of drug-likeness (QED) is 0.593. The number of thiophene rings is 1. The van der Waals surface area contributed by atoms with Crippen LogP contribution in [0.4, 0.5) is 5.69 Å². The van der Waals surface area contributed by atoms with Crippen molar-refractivity contribution in [2.45, 2.75) is 25.8 Å². The smallest absolute Gasteiger partial charge is 0.271 e. The molecule has 134 valence electrons. The summed E-state index contributed by atoms with van der Waals surface area (Å²) >= 11 is 1.42. The van der Waals surface area contributed by atoms with Gasteiger partial charge in [-0.2, -0.15) is 0 Å². The van der Waals surface area contributed by atoms with Gasteiger partial charge in [0.25, 0.3) is 5.56 Å². The average molecular weight is 375 g/mol. The van der Waals surface area contributed by atoms with E-state index in [1.54, 1.807) is 0 Å². The number of nitrogens with one attached hydrogen (secondary N) is 1. The second-order valence-electron chi connectivity index (χ2n) is 6.84. The van der Waals surface area contributed by atoms with Crippen LogP contribution in [0.1, 0.15) is 17.5 Å². The minimum Gasteiger partial charge on any atom is -0.325 e. The molecule has 1 N–H and O–H groups in total. The lowest BCUT2D eigenvalue weighted by molar-refractivity contribution is -0.116. The van der Waals surface area contributed by atoms with Crippen molar-refractivity contribution in [3.63, 3.8) is 0 Å². The highest BCUT2D eigenvalue weighted by atomic mass is 32.1. The maximum Gasteiger partial charge on any atom is 0.271 e. The van der Waals surface area contributed by atoms with Crippen LogP contribution < -0.4 is 10.9 Å². The van der Waals surface area contributed by atoms with E-state index in [0.29, 0.717) is 10.2 Å². The standard InChI is InChI=1S/C21H17N3O2S/c25-18(23-15-9-8-13-4-3-5-14(13)10-15)11-24-12-22-19-16-6-1-2-7-17(16)27-20(19)21(24)26/h1-2,6-10,12H,3-5,11H2,(H,23,25). The van der Waals surface area contributed by atoms with Crippen molar-refractivity contribution in [1.29, 1.82) is 0 Å². The van der Waals surface area contributed by atoms with Crippen molar-refractivity contribution in [1.82, 2.24) is 9.55 Å². The molecule has 0 unspecified atom stereocenters. The maximum atomic E-state index is 12.8. The molecule has 0 atom stereocenters. The fourth-order valence-electron chi connectivity index (χ4n) is 3.73. The molecular formula is C21H17N3O2S. The third-order valence-corrected chi connectivity index (χ3v) is 6.19. The number of aromatic nitrogens is 2. The number of carbonyl (C=O) groups excluding carboxylic acids is 1. The van der Waals surface area contributed by atoms with Gasteiger partial charge in [-0.25, -0.2) is 4.98 Å². The van der Waals surface area contributed by atoms with Crippen molar-refractivity contribution in [2.75, 3.05) is 5.32 Å². The van der Waals surface area contributed by atoms with Gasteiger partial charge >= 0.3 is 0 Å². The van der Waals surface area contributed by atoms with E-state index >= 15 is 0 Å². The van der Waals surface area contributed by atoms with E-state index in [9.17, 15) is 9.59 Å². The predicted molar refractivity (Wildman–Crippen MR) is 108 cm³/mol. The van der Waals surface area contributed by atoms with Crippen LogP contribution in [0.5, 0.6) is 0 Å². The molecule has 0 saturated carbocycles. The molecule has 0 fully saturated rings. The molecule has 0 saturated heterocycles. The summed E-state index contributed by atoms with van der Waals surface area (Å²) in [5.41, 5.74) is 3.98. The highest BCUT2D eigenvalue weighted by molar-refractivity contribution is 7.25. The molecule has 2 aromatic carbocycles. The number of hydrogen-bond acceptors (Lipinski definition) is 4. The van der Waals surface area contributed by atoms with Gasteiger partial charge in [0, 0.05) is 15.8 Å². The lowest BCUT2D eigenvalue weighted by atomic mass is 10.1. The number of nitrogens with zero attached hydrogens (tertiary/aromatic N) is 2. The molecule has 0 spiro atoms. The van der Waals surface area contributed by atoms with Crippen LogP contribution in [0.15, 0.2) is 53.6 Å². The van der Waals surface area contributed by atoms with Crippen LogP contribution in [0.3, 0.4) is 0 Å². The van der Waals surface area contributed by atoms with Crippen LogP contribution in [-0.4, -0.2) is 15.5 Å². The SMILES string of the molecule is O=C(Cn1cnc2c(sc3ccccc32)c1=O)Nc1ccc2c(c1)CCC2. The summed E-state index contributed by atoms with van der Waals surface area (Å²) in [6, 6.07) is 13.9. The molecule has 1 aliphatic rings. The van der Waals surface area contributed by atoms with Crippen molar-refractivity contribution < 1.29 is 4.79 Å². The maximum absolute atomic E-state index is 12.8. The van der Waals surface area contributed by atoms with E-state index < -0.39 is 0 Å². The highest BCUT2D eigenvalue weighted by Crippen LogP contribution is 2.29. The van der Waals surface area contributed by atoms with Crippen LogP contribution in [0.25, 0.3) is 20.3 Å². The lowest BCUT2D eigenvalue weighted by Crippen LogP contribution is -2.27. The first-order chi connectivity index (χ1) is 13.2. The van der Waals surface area contributed by atoms with Gasteiger partial charge in [-0.05, 0) is 48.6 Å². The van der Waals surface area contributed by atoms with Crippen LogP contribution in [-0.2, 0) is 24.2 Å². The molecule has 27 heavy (non-hydrogen) atoms. The molecule has 5 rings (SSSR count). The number of rotatable bonds is 3. The Bertz CT molecular complexity index is 1260. The summed E-state index contributed by atoms with van der Waals surface area (Å²) in [6.45, 7) is -0.0485. The number of carbonyl (C=O) groups is 1. The number of hydrogen-bond donors (Lipinski definition) is 1. The molecule has 1 amide bonds. The first kappa shape index (κ1) is 16.2. The summed E-state index contributed by atoms with van der Waals surface area (Å²) in [6.07, 6.45) is 4.81. The van der Waals surface area contributed by atoms with E-state index in [1.807, 2.05) is 36.4 Å². The van der Waals surface area contributed by atoms with Crippen molar-refractivity contribution >= 4 is 43.2 Å². The van der Waals surface area contributed by atoms with E-state index in [-0.39, 0.29) is 18.0 Å². The van der Waals surface area contributed by atoms with Crippen LogP contribution in [0.2, 0.25) is 0 Å². The van der Waals surface area contributed by atoms with E-state index in [4.69, 9.17) is 0 Å². The monoisotopic (exact) mass is 375 g/mol. The lowest BCUT2D eigenvalue weighted by Gasteiger charge is -2.09. The Hall–Kier alpha value is -2.99. The molecule has 2 aromatic heterocycles. The van der Waals surface area contributed by atoms with Gasteiger partial charge in [0.2, 0.25) is 5.91 Å². The summed E-state index contributed by atoms with van der Waals surface area (Å²) in [4.78, 5) is 29.7. The Morgan fingerprint density at radius 1 is 1.15 bits per heavy atom. The van der Waals surface area contributed by atoms with E-state index in [2.05, 4.69) is 16.4 Å². The Morgan fingerprint density at radius 2 is 2.00 bits per heavy atom. The van der Waals surface area contributed by atoms with E-state index in [1.165, 1.54) is 39.8 Å². The number of aryl methyl sites for hydroxylation is 2. The first-order valence-corrected chi connectivity index (χ1v) is 9.79. The van der Waals surface area contributed by atoms with E-state index in [0.717, 1.165) is 28.6 Å². The Morgan fingerprint density at radius 3 is 2.93 bits per heavy atom. The molecule has 0 bridgehead atoms. The van der Waals surface area contributed by atoms with Crippen LogP contribution in [0, 0.1) is 0 Å². The third kappa shape index (κ3) is 2.82. The van der Waals surface area contributed by atoms with Gasteiger partial charge in [-0.3, -0.25) is 14.2 Å². The Labute approximate surface area is 159 Å². The fourth-order valence-corrected chi connectivity index (χ4v) is 4.84. The molecule has 0 radical (unpaired) electrons. The topological polar surface area (TPSA) is 64.0 Å². The summed E-state index contributed by atoms with van der Waals surface area (Å²) in [7, 11) is 0. The molecule has 2 heterocycles. The number of amides is 1. The minimum atomic E-state index is -0.225. The average Bonchev–Trinajstić information content (AvgIpc) is 3.28. The Balaban J connectivity index is 1.42. The van der Waals surface area contributed by atoms with Gasteiger partial charge in [-0.15, -0.1) is 11.3 Å². The van der Waals surface area contributed by atoms with Crippen LogP contribution >= 0.6 is 11.3 Å². The van der Waals surface area contributed by atoms with Crippen molar-refractivity contribution in [3.8, 4) is 0 Å². The molecular weight excluding hydrogens is 358 g/mol. The van der Waals surface area contributed by atoms with Gasteiger partial charge in [-0.1, -0.05) is 24.3 Å². The second kappa shape index (κ2) is 6.32. The third-order valence-electron chi connectivity index (χ3n) is 5.05. The first-order valence-electron chi connectivity index (χ1n) is 8.97. The normalized spacial score (nSPS) is 13.2. The van der Waals surface area contributed by atoms with Gasteiger partial charge in [0.1, 0.15) is 11.2 Å². The number of anilines is 1. The second-order valence-corrected chi connectivity index (χ2v) is 7.89. The van der Waals surface area contributed by atoms with Gasteiger partial charge < -0.3 is 5.32 Å². The zero-order valence-electron chi connectivity index (χ0n) is 14.6. The predicted octanol–water partition coefficient (Wildman–Crippen LogP) is 3.74. The van der Waals surface area contributed by atoms with Gasteiger partial charge in [0.15, 0.2) is 0 Å². The molecule has 5 nitrogen and oxygen atoms in total. The molecule has 4 aromatic rings. The minimum absolute atomic E-state index is 0.0485. The molecule has 1 aliphatic carbocycles. The molecule has 6 heteroatoms. The summed E-state index contributed by atoms with van der Waals surface area (Å²) in [5, 5.41) is 3.88. The zero-order chi connectivity index (χ0) is 18.4. The zero-order valence-corrected chi connectivity index (χ0v) is 15.4. The van der Waals surface area contributed by atoms with Crippen molar-refractivity contribution in [2.24, 2.45) is 0 Å². The van der Waals surface area contributed by atoms with Gasteiger partial charge in [0.05, 0.1) is 11.8 Å². The number of fused-ring (bicyclic) bond motifs is 4. The summed E-state index contributed by atoms with van der Waals surface area (Å²) in [5.74, 6) is -0.225.